The summed E-state index contributed by atoms with van der Waals surface area (Å²) in [4.78, 5) is 19.0. The Morgan fingerprint density at radius 3 is 2.45 bits per heavy atom. The summed E-state index contributed by atoms with van der Waals surface area (Å²) >= 11 is 0. The Balaban J connectivity index is 1.32. The average molecular weight is 389 g/mol. The third-order valence-corrected chi connectivity index (χ3v) is 4.72. The molecule has 29 heavy (non-hydrogen) atoms. The zero-order valence-corrected chi connectivity index (χ0v) is 16.1. The lowest BCUT2D eigenvalue weighted by Crippen LogP contribution is -2.36. The number of hydrogen-bond donors (Lipinski definition) is 1. The summed E-state index contributed by atoms with van der Waals surface area (Å²) in [5.41, 5.74) is 3.19. The molecule has 0 atom stereocenters. The van der Waals surface area contributed by atoms with E-state index in [-0.39, 0.29) is 5.91 Å². The standard InChI is InChI=1S/C23H23N3O3/c27-23(22-11-8-20(16-24-22)26-12-14-28-15-13-26)25-19-6-9-21(10-7-19)29-17-18-4-2-1-3-5-18/h1-11,16H,12-15,17H2,(H,25,27). The highest BCUT2D eigenvalue weighted by Gasteiger charge is 2.13. The van der Waals surface area contributed by atoms with Crippen molar-refractivity contribution in [2.75, 3.05) is 36.5 Å². The molecule has 0 aliphatic carbocycles. The number of nitrogens with one attached hydrogen (secondary N) is 1. The number of pyridine rings is 1. The molecule has 1 N–H and O–H groups in total. The van der Waals surface area contributed by atoms with Crippen LogP contribution in [0.3, 0.4) is 0 Å². The van der Waals surface area contributed by atoms with E-state index in [1.807, 2.05) is 60.7 Å². The quantitative estimate of drug-likeness (QED) is 0.696. The van der Waals surface area contributed by atoms with Crippen molar-refractivity contribution in [2.24, 2.45) is 0 Å². The number of carbonyl (C=O) groups is 1. The molecule has 0 spiro atoms. The minimum absolute atomic E-state index is 0.239. The van der Waals surface area contributed by atoms with Crippen LogP contribution in [0.25, 0.3) is 0 Å². The van der Waals surface area contributed by atoms with Crippen LogP contribution in [0, 0.1) is 0 Å². The van der Waals surface area contributed by atoms with E-state index in [2.05, 4.69) is 15.2 Å². The smallest absolute Gasteiger partial charge is 0.274 e. The number of aromatic nitrogens is 1. The van der Waals surface area contributed by atoms with E-state index >= 15 is 0 Å². The Morgan fingerprint density at radius 1 is 1.00 bits per heavy atom. The summed E-state index contributed by atoms with van der Waals surface area (Å²) in [5.74, 6) is 0.510. The molecule has 1 aliphatic rings. The Labute approximate surface area is 170 Å². The summed E-state index contributed by atoms with van der Waals surface area (Å²) in [5, 5.41) is 2.87. The van der Waals surface area contributed by atoms with Crippen molar-refractivity contribution in [3.63, 3.8) is 0 Å². The Bertz CT molecular complexity index is 922. The number of amides is 1. The van der Waals surface area contributed by atoms with E-state index in [4.69, 9.17) is 9.47 Å². The van der Waals surface area contributed by atoms with Gasteiger partial charge < -0.3 is 19.7 Å². The fraction of sp³-hybridized carbons (Fsp3) is 0.217. The third kappa shape index (κ3) is 5.12. The summed E-state index contributed by atoms with van der Waals surface area (Å²) in [6.07, 6.45) is 1.74. The number of ether oxygens (including phenoxy) is 2. The van der Waals surface area contributed by atoms with Crippen molar-refractivity contribution in [3.05, 3.63) is 84.2 Å². The lowest BCUT2D eigenvalue weighted by Gasteiger charge is -2.28. The van der Waals surface area contributed by atoms with Gasteiger partial charge in [-0.3, -0.25) is 4.79 Å². The van der Waals surface area contributed by atoms with Crippen LogP contribution in [0.2, 0.25) is 0 Å². The van der Waals surface area contributed by atoms with Gasteiger partial charge in [0.05, 0.1) is 25.1 Å². The summed E-state index contributed by atoms with van der Waals surface area (Å²) in [6, 6.07) is 21.0. The van der Waals surface area contributed by atoms with Crippen LogP contribution in [0.4, 0.5) is 11.4 Å². The second kappa shape index (κ2) is 9.21. The zero-order valence-electron chi connectivity index (χ0n) is 16.1. The Kier molecular flexibility index (Phi) is 6.02. The van der Waals surface area contributed by atoms with Crippen LogP contribution in [0.15, 0.2) is 72.9 Å². The van der Waals surface area contributed by atoms with Crippen molar-refractivity contribution < 1.29 is 14.3 Å². The molecule has 148 valence electrons. The largest absolute Gasteiger partial charge is 0.489 e. The molecule has 4 rings (SSSR count). The summed E-state index contributed by atoms with van der Waals surface area (Å²) in [6.45, 7) is 3.62. The highest BCUT2D eigenvalue weighted by molar-refractivity contribution is 6.02. The summed E-state index contributed by atoms with van der Waals surface area (Å²) < 4.78 is 11.1. The maximum Gasteiger partial charge on any atom is 0.274 e. The van der Waals surface area contributed by atoms with Crippen LogP contribution < -0.4 is 15.0 Å². The molecule has 2 heterocycles. The van der Waals surface area contributed by atoms with Gasteiger partial charge in [-0.15, -0.1) is 0 Å². The van der Waals surface area contributed by atoms with Gasteiger partial charge in [-0.25, -0.2) is 4.98 Å². The van der Waals surface area contributed by atoms with E-state index in [0.29, 0.717) is 31.2 Å². The maximum atomic E-state index is 12.5. The second-order valence-corrected chi connectivity index (χ2v) is 6.75. The predicted molar refractivity (Wildman–Crippen MR) is 112 cm³/mol. The van der Waals surface area contributed by atoms with E-state index < -0.39 is 0 Å². The number of anilines is 2. The van der Waals surface area contributed by atoms with Gasteiger partial charge >= 0.3 is 0 Å². The van der Waals surface area contributed by atoms with Crippen LogP contribution in [0.1, 0.15) is 16.1 Å². The van der Waals surface area contributed by atoms with Crippen LogP contribution in [-0.4, -0.2) is 37.2 Å². The van der Waals surface area contributed by atoms with Crippen LogP contribution >= 0.6 is 0 Å². The molecule has 1 aliphatic heterocycles. The Morgan fingerprint density at radius 2 is 1.76 bits per heavy atom. The molecule has 0 unspecified atom stereocenters. The van der Waals surface area contributed by atoms with Gasteiger partial charge in [-0.05, 0) is 42.0 Å². The van der Waals surface area contributed by atoms with Gasteiger partial charge in [-0.2, -0.15) is 0 Å². The fourth-order valence-corrected chi connectivity index (χ4v) is 3.10. The van der Waals surface area contributed by atoms with Crippen molar-refractivity contribution in [3.8, 4) is 5.75 Å². The topological polar surface area (TPSA) is 63.7 Å². The number of hydrogen-bond acceptors (Lipinski definition) is 5. The van der Waals surface area contributed by atoms with E-state index in [9.17, 15) is 4.79 Å². The lowest BCUT2D eigenvalue weighted by atomic mass is 10.2. The monoisotopic (exact) mass is 389 g/mol. The Hall–Kier alpha value is -3.38. The fourth-order valence-electron chi connectivity index (χ4n) is 3.10. The van der Waals surface area contributed by atoms with Crippen molar-refractivity contribution >= 4 is 17.3 Å². The first-order valence-electron chi connectivity index (χ1n) is 9.65. The van der Waals surface area contributed by atoms with Crippen molar-refractivity contribution in [2.45, 2.75) is 6.61 Å². The van der Waals surface area contributed by atoms with E-state index in [1.54, 1.807) is 12.3 Å². The third-order valence-electron chi connectivity index (χ3n) is 4.72. The highest BCUT2D eigenvalue weighted by Crippen LogP contribution is 2.19. The molecule has 0 saturated carbocycles. The van der Waals surface area contributed by atoms with Gasteiger partial charge in [0, 0.05) is 18.8 Å². The van der Waals surface area contributed by atoms with Gasteiger partial charge in [0.15, 0.2) is 0 Å². The van der Waals surface area contributed by atoms with Gasteiger partial charge in [-0.1, -0.05) is 30.3 Å². The average Bonchev–Trinajstić information content (AvgIpc) is 2.80. The van der Waals surface area contributed by atoms with E-state index in [0.717, 1.165) is 30.1 Å². The summed E-state index contributed by atoms with van der Waals surface area (Å²) in [7, 11) is 0. The number of nitrogens with zero attached hydrogens (tertiary/aromatic N) is 2. The van der Waals surface area contributed by atoms with Gasteiger partial charge in [0.2, 0.25) is 0 Å². The lowest BCUT2D eigenvalue weighted by molar-refractivity contribution is 0.102. The SMILES string of the molecule is O=C(Nc1ccc(OCc2ccccc2)cc1)c1ccc(N2CCOCC2)cn1. The van der Waals surface area contributed by atoms with Crippen LogP contribution in [0.5, 0.6) is 5.75 Å². The first-order valence-corrected chi connectivity index (χ1v) is 9.65. The molecule has 0 bridgehead atoms. The number of benzene rings is 2. The normalized spacial score (nSPS) is 13.7. The number of rotatable bonds is 6. The molecule has 1 amide bonds. The molecule has 1 fully saturated rings. The first-order chi connectivity index (χ1) is 14.3. The first kappa shape index (κ1) is 19.0. The molecular formula is C23H23N3O3. The minimum atomic E-state index is -0.239. The molecule has 1 aromatic heterocycles. The maximum absolute atomic E-state index is 12.5. The molecule has 3 aromatic rings. The predicted octanol–water partition coefficient (Wildman–Crippen LogP) is 3.75. The van der Waals surface area contributed by atoms with Crippen LogP contribution in [-0.2, 0) is 11.3 Å². The highest BCUT2D eigenvalue weighted by atomic mass is 16.5. The molecule has 6 heteroatoms. The number of morpholine rings is 1. The molecule has 2 aromatic carbocycles. The van der Waals surface area contributed by atoms with Gasteiger partial charge in [0.1, 0.15) is 18.1 Å². The second-order valence-electron chi connectivity index (χ2n) is 6.75. The van der Waals surface area contributed by atoms with Gasteiger partial charge in [0.25, 0.3) is 5.91 Å². The number of carbonyl (C=O) groups excluding carboxylic acids is 1. The molecule has 1 saturated heterocycles. The molecule has 0 radical (unpaired) electrons. The van der Waals surface area contributed by atoms with Crippen molar-refractivity contribution in [1.29, 1.82) is 0 Å². The van der Waals surface area contributed by atoms with Crippen molar-refractivity contribution in [1.82, 2.24) is 4.98 Å². The van der Waals surface area contributed by atoms with E-state index in [1.165, 1.54) is 0 Å². The zero-order chi connectivity index (χ0) is 19.9. The molecule has 6 nitrogen and oxygen atoms in total. The molecular weight excluding hydrogens is 366 g/mol. The minimum Gasteiger partial charge on any atom is -0.489 e.